The summed E-state index contributed by atoms with van der Waals surface area (Å²) in [6.45, 7) is 0.344. The summed E-state index contributed by atoms with van der Waals surface area (Å²) in [6.07, 6.45) is 3.22. The Morgan fingerprint density at radius 1 is 1.48 bits per heavy atom. The first kappa shape index (κ1) is 16.9. The van der Waals surface area contributed by atoms with Gasteiger partial charge in [0.2, 0.25) is 5.91 Å². The molecule has 2 aromatic rings. The Hall–Kier alpha value is -2.90. The SMILES string of the molecule is Cn1cc([C@H]2[C@H](C(=O)O)CC(=O)N2CCOc2cccc(F)c2)cn1. The van der Waals surface area contributed by atoms with Gasteiger partial charge in [-0.15, -0.1) is 0 Å². The van der Waals surface area contributed by atoms with Crippen LogP contribution in [0.3, 0.4) is 0 Å². The van der Waals surface area contributed by atoms with Crippen LogP contribution < -0.4 is 4.74 Å². The number of aromatic nitrogens is 2. The molecule has 0 saturated carbocycles. The van der Waals surface area contributed by atoms with E-state index in [1.54, 1.807) is 30.2 Å². The summed E-state index contributed by atoms with van der Waals surface area (Å²) >= 11 is 0. The minimum atomic E-state index is -1.02. The van der Waals surface area contributed by atoms with Crippen LogP contribution in [-0.2, 0) is 16.6 Å². The molecule has 0 bridgehead atoms. The predicted octanol–water partition coefficient (Wildman–Crippen LogP) is 1.61. The van der Waals surface area contributed by atoms with Gasteiger partial charge in [0.25, 0.3) is 0 Å². The van der Waals surface area contributed by atoms with Gasteiger partial charge in [-0.25, -0.2) is 4.39 Å². The number of halogens is 1. The van der Waals surface area contributed by atoms with E-state index in [1.807, 2.05) is 0 Å². The Bertz CT molecular complexity index is 792. The third-order valence-electron chi connectivity index (χ3n) is 4.21. The number of aliphatic carboxylic acids is 1. The molecule has 0 aliphatic carbocycles. The number of ether oxygens (including phenoxy) is 1. The van der Waals surface area contributed by atoms with Gasteiger partial charge in [-0.2, -0.15) is 5.10 Å². The van der Waals surface area contributed by atoms with E-state index in [0.29, 0.717) is 11.3 Å². The summed E-state index contributed by atoms with van der Waals surface area (Å²) in [4.78, 5) is 25.3. The molecule has 3 rings (SSSR count). The molecule has 0 radical (unpaired) electrons. The van der Waals surface area contributed by atoms with Crippen LogP contribution in [0.15, 0.2) is 36.7 Å². The highest BCUT2D eigenvalue weighted by Crippen LogP contribution is 2.37. The lowest BCUT2D eigenvalue weighted by atomic mass is 9.96. The minimum absolute atomic E-state index is 0.0607. The van der Waals surface area contributed by atoms with Crippen molar-refractivity contribution in [2.45, 2.75) is 12.5 Å². The summed E-state index contributed by atoms with van der Waals surface area (Å²) in [6, 6.07) is 5.13. The van der Waals surface area contributed by atoms with E-state index in [1.165, 1.54) is 23.1 Å². The van der Waals surface area contributed by atoms with E-state index in [2.05, 4.69) is 5.10 Å². The van der Waals surface area contributed by atoms with Crippen molar-refractivity contribution in [1.82, 2.24) is 14.7 Å². The first-order chi connectivity index (χ1) is 12.0. The van der Waals surface area contributed by atoms with E-state index in [0.717, 1.165) is 0 Å². The molecule has 1 amide bonds. The normalized spacial score (nSPS) is 20.1. The molecule has 0 spiro atoms. The fraction of sp³-hybridized carbons (Fsp3) is 0.353. The molecule has 2 heterocycles. The van der Waals surface area contributed by atoms with Gasteiger partial charge in [0.15, 0.2) is 0 Å². The predicted molar refractivity (Wildman–Crippen MR) is 85.3 cm³/mol. The first-order valence-electron chi connectivity index (χ1n) is 7.85. The van der Waals surface area contributed by atoms with Crippen molar-refractivity contribution in [3.8, 4) is 5.75 Å². The molecule has 1 aliphatic heterocycles. The lowest BCUT2D eigenvalue weighted by Gasteiger charge is -2.26. The molecule has 1 aromatic heterocycles. The van der Waals surface area contributed by atoms with Crippen LogP contribution in [0.5, 0.6) is 5.75 Å². The molecule has 8 heteroatoms. The largest absolute Gasteiger partial charge is 0.492 e. The van der Waals surface area contributed by atoms with Crippen LogP contribution in [-0.4, -0.2) is 44.8 Å². The molecule has 1 saturated heterocycles. The first-order valence-corrected chi connectivity index (χ1v) is 7.85. The van der Waals surface area contributed by atoms with Gasteiger partial charge in [-0.3, -0.25) is 14.3 Å². The molecule has 1 fully saturated rings. The number of carboxylic acids is 1. The summed E-state index contributed by atoms with van der Waals surface area (Å²) in [7, 11) is 1.73. The molecule has 1 aliphatic rings. The monoisotopic (exact) mass is 347 g/mol. The zero-order valence-corrected chi connectivity index (χ0v) is 13.6. The smallest absolute Gasteiger partial charge is 0.309 e. The number of amides is 1. The van der Waals surface area contributed by atoms with Crippen LogP contribution in [0.4, 0.5) is 4.39 Å². The Balaban J connectivity index is 1.73. The van der Waals surface area contributed by atoms with Crippen molar-refractivity contribution in [3.05, 3.63) is 48.0 Å². The average Bonchev–Trinajstić information content (AvgIpc) is 3.11. The van der Waals surface area contributed by atoms with Crippen molar-refractivity contribution in [2.75, 3.05) is 13.2 Å². The maximum atomic E-state index is 13.2. The number of carbonyl (C=O) groups excluding carboxylic acids is 1. The topological polar surface area (TPSA) is 84.7 Å². The highest BCUT2D eigenvalue weighted by Gasteiger charge is 2.45. The lowest BCUT2D eigenvalue weighted by molar-refractivity contribution is -0.142. The van der Waals surface area contributed by atoms with Gasteiger partial charge in [-0.1, -0.05) is 6.07 Å². The summed E-state index contributed by atoms with van der Waals surface area (Å²) < 4.78 is 20.2. The van der Waals surface area contributed by atoms with Gasteiger partial charge < -0.3 is 14.7 Å². The van der Waals surface area contributed by atoms with Crippen LogP contribution >= 0.6 is 0 Å². The van der Waals surface area contributed by atoms with Gasteiger partial charge in [0, 0.05) is 31.3 Å². The molecule has 1 aromatic carbocycles. The second-order valence-corrected chi connectivity index (χ2v) is 5.93. The summed E-state index contributed by atoms with van der Waals surface area (Å²) in [5, 5.41) is 13.5. The van der Waals surface area contributed by atoms with E-state index >= 15 is 0 Å². The molecular formula is C17H18FN3O4. The molecule has 0 unspecified atom stereocenters. The molecular weight excluding hydrogens is 329 g/mol. The zero-order chi connectivity index (χ0) is 18.0. The van der Waals surface area contributed by atoms with Crippen molar-refractivity contribution in [2.24, 2.45) is 13.0 Å². The van der Waals surface area contributed by atoms with E-state index in [4.69, 9.17) is 4.74 Å². The van der Waals surface area contributed by atoms with Crippen molar-refractivity contribution >= 4 is 11.9 Å². The fourth-order valence-corrected chi connectivity index (χ4v) is 3.10. The van der Waals surface area contributed by atoms with E-state index < -0.39 is 23.7 Å². The lowest BCUT2D eigenvalue weighted by Crippen LogP contribution is -2.33. The number of hydrogen-bond acceptors (Lipinski definition) is 4. The fourth-order valence-electron chi connectivity index (χ4n) is 3.10. The van der Waals surface area contributed by atoms with Crippen LogP contribution in [0.2, 0.25) is 0 Å². The minimum Gasteiger partial charge on any atom is -0.492 e. The Kier molecular flexibility index (Phi) is 4.69. The summed E-state index contributed by atoms with van der Waals surface area (Å²) in [5.41, 5.74) is 0.673. The number of benzene rings is 1. The second-order valence-electron chi connectivity index (χ2n) is 5.93. The van der Waals surface area contributed by atoms with Crippen LogP contribution in [0.25, 0.3) is 0 Å². The molecule has 1 N–H and O–H groups in total. The maximum absolute atomic E-state index is 13.2. The number of likely N-dealkylation sites (tertiary alicyclic amines) is 1. The standard InChI is InChI=1S/C17H18FN3O4/c1-20-10-11(9-19-20)16-14(17(23)24)8-15(22)21(16)5-6-25-13-4-2-3-12(18)7-13/h2-4,7,9-10,14,16H,5-6,8H2,1H3,(H,23,24)/t14-,16+/m1/s1. The number of carboxylic acid groups (broad SMARTS) is 1. The third kappa shape index (κ3) is 3.62. The van der Waals surface area contributed by atoms with E-state index in [-0.39, 0.29) is 25.5 Å². The maximum Gasteiger partial charge on any atom is 0.309 e. The van der Waals surface area contributed by atoms with Gasteiger partial charge in [0.05, 0.1) is 24.7 Å². The molecule has 7 nitrogen and oxygen atoms in total. The molecule has 132 valence electrons. The van der Waals surface area contributed by atoms with Crippen molar-refractivity contribution in [3.63, 3.8) is 0 Å². The number of rotatable bonds is 6. The third-order valence-corrected chi connectivity index (χ3v) is 4.21. The van der Waals surface area contributed by atoms with E-state index in [9.17, 15) is 19.1 Å². The number of hydrogen-bond donors (Lipinski definition) is 1. The van der Waals surface area contributed by atoms with Crippen LogP contribution in [0.1, 0.15) is 18.0 Å². The Morgan fingerprint density at radius 2 is 2.28 bits per heavy atom. The number of carbonyl (C=O) groups is 2. The number of nitrogens with zero attached hydrogens (tertiary/aromatic N) is 3. The second kappa shape index (κ2) is 6.92. The Labute approximate surface area is 143 Å². The molecule has 25 heavy (non-hydrogen) atoms. The van der Waals surface area contributed by atoms with Crippen molar-refractivity contribution in [1.29, 1.82) is 0 Å². The summed E-state index contributed by atoms with van der Waals surface area (Å²) in [5.74, 6) is -2.14. The van der Waals surface area contributed by atoms with Crippen LogP contribution in [0, 0.1) is 11.7 Å². The number of aryl methyl sites for hydroxylation is 1. The van der Waals surface area contributed by atoms with Gasteiger partial charge in [-0.05, 0) is 12.1 Å². The highest BCUT2D eigenvalue weighted by atomic mass is 19.1. The van der Waals surface area contributed by atoms with Gasteiger partial charge >= 0.3 is 5.97 Å². The average molecular weight is 347 g/mol. The zero-order valence-electron chi connectivity index (χ0n) is 13.6. The van der Waals surface area contributed by atoms with Crippen molar-refractivity contribution < 1.29 is 23.8 Å². The Morgan fingerprint density at radius 3 is 2.92 bits per heavy atom. The van der Waals surface area contributed by atoms with Gasteiger partial charge in [0.1, 0.15) is 18.2 Å². The quantitative estimate of drug-likeness (QED) is 0.858. The molecule has 2 atom stereocenters. The highest BCUT2D eigenvalue weighted by molar-refractivity contribution is 5.87.